The van der Waals surface area contributed by atoms with Crippen molar-refractivity contribution in [3.63, 3.8) is 0 Å². The van der Waals surface area contributed by atoms with Crippen LogP contribution in [0.15, 0.2) is 48.0 Å². The minimum atomic E-state index is -0.206. The highest BCUT2D eigenvalue weighted by Crippen LogP contribution is 2.48. The zero-order valence-corrected chi connectivity index (χ0v) is 16.6. The molecule has 2 atom stereocenters. The molecule has 3 nitrogen and oxygen atoms in total. The van der Waals surface area contributed by atoms with Gasteiger partial charge in [0.15, 0.2) is 5.78 Å². The molecule has 2 aromatic rings. The van der Waals surface area contributed by atoms with Gasteiger partial charge in [-0.15, -0.1) is 0 Å². The van der Waals surface area contributed by atoms with Gasteiger partial charge < -0.3 is 5.11 Å². The molecule has 1 aliphatic heterocycles. The van der Waals surface area contributed by atoms with E-state index in [4.69, 9.17) is 23.2 Å². The second-order valence-corrected chi connectivity index (χ2v) is 8.47. The number of likely N-dealkylation sites (tertiary alicyclic amines) is 1. The minimum absolute atomic E-state index is 0.0526. The molecule has 4 rings (SSSR count). The average Bonchev–Trinajstić information content (AvgIpc) is 2.64. The van der Waals surface area contributed by atoms with Gasteiger partial charge in [-0.05, 0) is 67.9 Å². The predicted octanol–water partition coefficient (Wildman–Crippen LogP) is 5.09. The molecular weight excluding hydrogens is 381 g/mol. The SMILES string of the molecule is CN1CC[C@]2(c3cccc(O)c3)CC(=O)/C(=C/c3ccc(Cl)c(Cl)c3)[C@H]1C2. The third-order valence-corrected chi connectivity index (χ3v) is 6.70. The van der Waals surface area contributed by atoms with Crippen LogP contribution in [0.25, 0.3) is 6.08 Å². The first-order chi connectivity index (χ1) is 12.9. The summed E-state index contributed by atoms with van der Waals surface area (Å²) in [7, 11) is 2.07. The summed E-state index contributed by atoms with van der Waals surface area (Å²) in [6.45, 7) is 0.909. The van der Waals surface area contributed by atoms with Crippen molar-refractivity contribution in [1.82, 2.24) is 4.90 Å². The largest absolute Gasteiger partial charge is 0.508 e. The number of rotatable bonds is 2. The second-order valence-electron chi connectivity index (χ2n) is 7.65. The number of carbonyl (C=O) groups is 1. The quantitative estimate of drug-likeness (QED) is 0.712. The lowest BCUT2D eigenvalue weighted by molar-refractivity contribution is -0.120. The maximum Gasteiger partial charge on any atom is 0.161 e. The fraction of sp³-hybridized carbons (Fsp3) is 0.318. The van der Waals surface area contributed by atoms with Crippen LogP contribution < -0.4 is 0 Å². The van der Waals surface area contributed by atoms with Crippen LogP contribution in [-0.4, -0.2) is 35.4 Å². The number of phenols is 1. The Morgan fingerprint density at radius 3 is 2.74 bits per heavy atom. The monoisotopic (exact) mass is 401 g/mol. The van der Waals surface area contributed by atoms with E-state index >= 15 is 0 Å². The lowest BCUT2D eigenvalue weighted by Gasteiger charge is -2.50. The zero-order chi connectivity index (χ0) is 19.2. The summed E-state index contributed by atoms with van der Waals surface area (Å²) >= 11 is 12.1. The Kier molecular flexibility index (Phi) is 4.79. The smallest absolute Gasteiger partial charge is 0.161 e. The molecule has 1 saturated carbocycles. The molecule has 0 spiro atoms. The first kappa shape index (κ1) is 18.5. The van der Waals surface area contributed by atoms with E-state index in [1.807, 2.05) is 30.3 Å². The van der Waals surface area contributed by atoms with Gasteiger partial charge in [-0.3, -0.25) is 9.69 Å². The molecule has 0 amide bonds. The Morgan fingerprint density at radius 1 is 1.19 bits per heavy atom. The molecule has 140 valence electrons. The molecule has 1 saturated heterocycles. The fourth-order valence-corrected chi connectivity index (χ4v) is 4.74. The van der Waals surface area contributed by atoms with Gasteiger partial charge in [0.2, 0.25) is 0 Å². The van der Waals surface area contributed by atoms with Crippen LogP contribution in [0, 0.1) is 0 Å². The number of aromatic hydroxyl groups is 1. The fourth-order valence-electron chi connectivity index (χ4n) is 4.44. The van der Waals surface area contributed by atoms with Crippen LogP contribution in [0.5, 0.6) is 5.75 Å². The van der Waals surface area contributed by atoms with Gasteiger partial charge in [0.1, 0.15) is 5.75 Å². The molecule has 1 aliphatic carbocycles. The Morgan fingerprint density at radius 2 is 2.00 bits per heavy atom. The van der Waals surface area contributed by atoms with Crippen molar-refractivity contribution in [2.45, 2.75) is 30.7 Å². The van der Waals surface area contributed by atoms with Gasteiger partial charge in [-0.25, -0.2) is 0 Å². The molecular formula is C22H21Cl2NO2. The molecule has 2 fully saturated rings. The number of halogens is 2. The highest BCUT2D eigenvalue weighted by Gasteiger charge is 2.48. The normalized spacial score (nSPS) is 27.1. The third-order valence-electron chi connectivity index (χ3n) is 5.96. The van der Waals surface area contributed by atoms with Gasteiger partial charge in [-0.1, -0.05) is 41.4 Å². The van der Waals surface area contributed by atoms with Crippen LogP contribution in [0.1, 0.15) is 30.4 Å². The Bertz CT molecular complexity index is 940. The molecule has 0 unspecified atom stereocenters. The van der Waals surface area contributed by atoms with Crippen molar-refractivity contribution < 1.29 is 9.90 Å². The van der Waals surface area contributed by atoms with Crippen molar-refractivity contribution in [3.05, 3.63) is 69.2 Å². The van der Waals surface area contributed by atoms with E-state index in [1.54, 1.807) is 18.2 Å². The van der Waals surface area contributed by atoms with E-state index in [2.05, 4.69) is 11.9 Å². The second kappa shape index (κ2) is 6.97. The number of carbonyl (C=O) groups excluding carboxylic acids is 1. The van der Waals surface area contributed by atoms with Crippen molar-refractivity contribution in [2.75, 3.05) is 13.6 Å². The summed E-state index contributed by atoms with van der Waals surface area (Å²) in [4.78, 5) is 15.4. The number of ketones is 1. The standard InChI is InChI=1S/C22H21Cl2NO2/c1-25-8-7-22(15-3-2-4-16(26)11-15)12-20(25)17(21(27)13-22)9-14-5-6-18(23)19(24)10-14/h2-6,9-11,20,26H,7-8,12-13H2,1H3/b17-9+/t20-,22-/m1/s1. The summed E-state index contributed by atoms with van der Waals surface area (Å²) < 4.78 is 0. The maximum atomic E-state index is 13.2. The van der Waals surface area contributed by atoms with Gasteiger partial charge in [0.05, 0.1) is 10.0 Å². The summed E-state index contributed by atoms with van der Waals surface area (Å²) in [5.41, 5.74) is 2.56. The zero-order valence-electron chi connectivity index (χ0n) is 15.1. The molecule has 2 aromatic carbocycles. The van der Waals surface area contributed by atoms with Crippen LogP contribution >= 0.6 is 23.2 Å². The van der Waals surface area contributed by atoms with E-state index in [0.29, 0.717) is 16.5 Å². The summed E-state index contributed by atoms with van der Waals surface area (Å²) in [5.74, 6) is 0.411. The molecule has 2 aliphatic rings. The number of benzene rings is 2. The van der Waals surface area contributed by atoms with E-state index < -0.39 is 0 Å². The first-order valence-corrected chi connectivity index (χ1v) is 9.83. The first-order valence-electron chi connectivity index (χ1n) is 9.08. The topological polar surface area (TPSA) is 40.5 Å². The average molecular weight is 402 g/mol. The van der Waals surface area contributed by atoms with Gasteiger partial charge >= 0.3 is 0 Å². The molecule has 2 bridgehead atoms. The third kappa shape index (κ3) is 3.40. The number of likely N-dealkylation sites (N-methyl/N-ethyl adjacent to an activating group) is 1. The number of Topliss-reactive ketones (excluding diaryl/α,β-unsaturated/α-hetero) is 1. The van der Waals surface area contributed by atoms with E-state index in [-0.39, 0.29) is 23.0 Å². The number of hydrogen-bond donors (Lipinski definition) is 1. The van der Waals surface area contributed by atoms with Crippen molar-refractivity contribution >= 4 is 35.1 Å². The van der Waals surface area contributed by atoms with Crippen molar-refractivity contribution in [3.8, 4) is 5.75 Å². The highest BCUT2D eigenvalue weighted by molar-refractivity contribution is 6.42. The van der Waals surface area contributed by atoms with E-state index in [0.717, 1.165) is 36.1 Å². The Labute approximate surface area is 169 Å². The van der Waals surface area contributed by atoms with Crippen LogP contribution in [0.4, 0.5) is 0 Å². The van der Waals surface area contributed by atoms with Gasteiger partial charge in [0.25, 0.3) is 0 Å². The summed E-state index contributed by atoms with van der Waals surface area (Å²) in [5, 5.41) is 10.9. The van der Waals surface area contributed by atoms with E-state index in [9.17, 15) is 9.90 Å². The number of nitrogens with zero attached hydrogens (tertiary/aromatic N) is 1. The lowest BCUT2D eigenvalue weighted by Crippen LogP contribution is -2.53. The molecule has 1 N–H and O–H groups in total. The Balaban J connectivity index is 1.73. The van der Waals surface area contributed by atoms with Gasteiger partial charge in [-0.2, -0.15) is 0 Å². The van der Waals surface area contributed by atoms with Crippen LogP contribution in [-0.2, 0) is 10.2 Å². The van der Waals surface area contributed by atoms with E-state index in [1.165, 1.54) is 0 Å². The number of fused-ring (bicyclic) bond motifs is 2. The molecule has 1 heterocycles. The van der Waals surface area contributed by atoms with Gasteiger partial charge in [0, 0.05) is 23.5 Å². The predicted molar refractivity (Wildman–Crippen MR) is 109 cm³/mol. The molecule has 0 radical (unpaired) electrons. The van der Waals surface area contributed by atoms with Crippen molar-refractivity contribution in [2.24, 2.45) is 0 Å². The maximum absolute atomic E-state index is 13.2. The molecule has 5 heteroatoms. The summed E-state index contributed by atoms with van der Waals surface area (Å²) in [6.07, 6.45) is 4.19. The van der Waals surface area contributed by atoms with Crippen LogP contribution in [0.2, 0.25) is 10.0 Å². The number of piperidine rings is 1. The number of hydrogen-bond acceptors (Lipinski definition) is 3. The molecule has 0 aromatic heterocycles. The molecule has 27 heavy (non-hydrogen) atoms. The lowest BCUT2D eigenvalue weighted by atomic mass is 9.61. The highest BCUT2D eigenvalue weighted by atomic mass is 35.5. The Hall–Kier alpha value is -1.81. The number of phenolic OH excluding ortho intramolecular Hbond substituents is 1. The van der Waals surface area contributed by atoms with Crippen LogP contribution in [0.3, 0.4) is 0 Å². The minimum Gasteiger partial charge on any atom is -0.508 e. The summed E-state index contributed by atoms with van der Waals surface area (Å²) in [6, 6.07) is 12.9. The van der Waals surface area contributed by atoms with Crippen molar-refractivity contribution in [1.29, 1.82) is 0 Å².